The number of carbonyl (C=O) groups is 1. The lowest BCUT2D eigenvalue weighted by Gasteiger charge is -2.04. The SMILES string of the molecule is COC(=O)[C@H](C)Sc1n[nH]c(=S)s1. The molecule has 0 aliphatic carbocycles. The van der Waals surface area contributed by atoms with E-state index in [9.17, 15) is 4.79 Å². The van der Waals surface area contributed by atoms with Crippen LogP contribution in [0.5, 0.6) is 0 Å². The molecule has 1 aromatic rings. The van der Waals surface area contributed by atoms with Gasteiger partial charge in [-0.05, 0) is 19.1 Å². The van der Waals surface area contributed by atoms with Crippen molar-refractivity contribution >= 4 is 41.3 Å². The lowest BCUT2D eigenvalue weighted by molar-refractivity contribution is -0.139. The Labute approximate surface area is 88.7 Å². The highest BCUT2D eigenvalue weighted by molar-refractivity contribution is 8.02. The number of hydrogen-bond donors (Lipinski definition) is 1. The van der Waals surface area contributed by atoms with Gasteiger partial charge in [-0.2, -0.15) is 5.10 Å². The Morgan fingerprint density at radius 2 is 2.54 bits per heavy atom. The molecular weight excluding hydrogens is 228 g/mol. The van der Waals surface area contributed by atoms with E-state index in [-0.39, 0.29) is 11.2 Å². The number of ether oxygens (including phenoxy) is 1. The van der Waals surface area contributed by atoms with E-state index in [4.69, 9.17) is 12.2 Å². The Bertz CT molecular complexity index is 346. The molecule has 1 heterocycles. The first kappa shape index (κ1) is 10.7. The fraction of sp³-hybridized carbons (Fsp3) is 0.500. The van der Waals surface area contributed by atoms with E-state index in [0.29, 0.717) is 3.95 Å². The van der Waals surface area contributed by atoms with Crippen LogP contribution in [0, 0.1) is 3.95 Å². The summed E-state index contributed by atoms with van der Waals surface area (Å²) in [6.45, 7) is 1.76. The normalized spacial score (nSPS) is 12.5. The van der Waals surface area contributed by atoms with E-state index in [1.165, 1.54) is 30.2 Å². The topological polar surface area (TPSA) is 55.0 Å². The minimum absolute atomic E-state index is 0.251. The number of rotatable bonds is 3. The Morgan fingerprint density at radius 1 is 1.85 bits per heavy atom. The zero-order valence-electron chi connectivity index (χ0n) is 7.07. The number of H-pyrrole nitrogens is 1. The highest BCUT2D eigenvalue weighted by Crippen LogP contribution is 2.25. The number of aromatic nitrogens is 2. The van der Waals surface area contributed by atoms with Gasteiger partial charge in [0.2, 0.25) is 0 Å². The number of esters is 1. The molecule has 13 heavy (non-hydrogen) atoms. The van der Waals surface area contributed by atoms with Crippen LogP contribution in [-0.4, -0.2) is 28.5 Å². The summed E-state index contributed by atoms with van der Waals surface area (Å²) in [5.41, 5.74) is 0. The van der Waals surface area contributed by atoms with Crippen molar-refractivity contribution in [2.24, 2.45) is 0 Å². The predicted octanol–water partition coefficient (Wildman–Crippen LogP) is 1.85. The van der Waals surface area contributed by atoms with Gasteiger partial charge in [-0.15, -0.1) is 0 Å². The maximum atomic E-state index is 11.0. The Hall–Kier alpha value is -0.400. The number of methoxy groups -OCH3 is 1. The first-order valence-corrected chi connectivity index (χ1v) is 5.54. The van der Waals surface area contributed by atoms with Gasteiger partial charge in [0.05, 0.1) is 7.11 Å². The highest BCUT2D eigenvalue weighted by atomic mass is 32.2. The standard InChI is InChI=1S/C6H8N2O2S3/c1-3(4(9)10-2)12-6-8-7-5(11)13-6/h3H,1-2H3,(H,7,11)/t3-/m0/s1. The van der Waals surface area contributed by atoms with E-state index in [1.807, 2.05) is 0 Å². The van der Waals surface area contributed by atoms with Gasteiger partial charge in [-0.25, -0.2) is 0 Å². The third kappa shape index (κ3) is 3.09. The molecular formula is C6H8N2O2S3. The average molecular weight is 236 g/mol. The molecule has 0 aliphatic rings. The van der Waals surface area contributed by atoms with Crippen molar-refractivity contribution < 1.29 is 9.53 Å². The number of aromatic amines is 1. The van der Waals surface area contributed by atoms with Crippen LogP contribution >= 0.6 is 35.3 Å². The summed E-state index contributed by atoms with van der Waals surface area (Å²) >= 11 is 7.53. The number of thioether (sulfide) groups is 1. The van der Waals surface area contributed by atoms with Crippen LogP contribution in [0.3, 0.4) is 0 Å². The van der Waals surface area contributed by atoms with Crippen molar-refractivity contribution in [2.45, 2.75) is 16.5 Å². The maximum Gasteiger partial charge on any atom is 0.318 e. The van der Waals surface area contributed by atoms with Gasteiger partial charge < -0.3 is 4.74 Å². The van der Waals surface area contributed by atoms with E-state index >= 15 is 0 Å². The van der Waals surface area contributed by atoms with Crippen LogP contribution in [0.2, 0.25) is 0 Å². The Kier molecular flexibility index (Phi) is 3.89. The van der Waals surface area contributed by atoms with Crippen molar-refractivity contribution in [3.05, 3.63) is 3.95 Å². The van der Waals surface area contributed by atoms with E-state index < -0.39 is 0 Å². The molecule has 4 nitrogen and oxygen atoms in total. The molecule has 0 saturated carbocycles. The number of carbonyl (C=O) groups excluding carboxylic acids is 1. The predicted molar refractivity (Wildman–Crippen MR) is 54.6 cm³/mol. The third-order valence-corrected chi connectivity index (χ3v) is 3.49. The number of hydrogen-bond acceptors (Lipinski definition) is 6. The molecule has 0 aliphatic heterocycles. The summed E-state index contributed by atoms with van der Waals surface area (Å²) in [6, 6.07) is 0. The smallest absolute Gasteiger partial charge is 0.318 e. The molecule has 72 valence electrons. The molecule has 0 saturated heterocycles. The lowest BCUT2D eigenvalue weighted by atomic mass is 10.5. The van der Waals surface area contributed by atoms with Crippen LogP contribution in [0.15, 0.2) is 4.34 Å². The van der Waals surface area contributed by atoms with Gasteiger partial charge in [0.25, 0.3) is 0 Å². The van der Waals surface area contributed by atoms with E-state index in [0.717, 1.165) is 4.34 Å². The largest absolute Gasteiger partial charge is 0.468 e. The summed E-state index contributed by atoms with van der Waals surface area (Å²) < 4.78 is 5.94. The molecule has 0 amide bonds. The molecule has 0 aromatic carbocycles. The van der Waals surface area contributed by atoms with Gasteiger partial charge in [-0.3, -0.25) is 9.89 Å². The summed E-state index contributed by atoms with van der Waals surface area (Å²) in [5.74, 6) is -0.258. The average Bonchev–Trinajstić information content (AvgIpc) is 2.49. The Balaban J connectivity index is 2.59. The summed E-state index contributed by atoms with van der Waals surface area (Å²) in [4.78, 5) is 11.0. The molecule has 0 bridgehead atoms. The third-order valence-electron chi connectivity index (χ3n) is 1.23. The van der Waals surface area contributed by atoms with Crippen LogP contribution in [0.1, 0.15) is 6.92 Å². The second-order valence-electron chi connectivity index (χ2n) is 2.16. The molecule has 1 rings (SSSR count). The molecule has 0 spiro atoms. The second kappa shape index (κ2) is 4.73. The molecule has 0 fully saturated rings. The molecule has 1 N–H and O–H groups in total. The zero-order valence-corrected chi connectivity index (χ0v) is 9.52. The van der Waals surface area contributed by atoms with Crippen LogP contribution in [0.25, 0.3) is 0 Å². The minimum atomic E-state index is -0.258. The Morgan fingerprint density at radius 3 is 3.00 bits per heavy atom. The van der Waals surface area contributed by atoms with Crippen molar-refractivity contribution in [1.29, 1.82) is 0 Å². The van der Waals surface area contributed by atoms with Gasteiger partial charge in [0, 0.05) is 0 Å². The molecule has 1 aromatic heterocycles. The molecule has 0 radical (unpaired) electrons. The van der Waals surface area contributed by atoms with Gasteiger partial charge in [-0.1, -0.05) is 23.1 Å². The zero-order chi connectivity index (χ0) is 9.84. The summed E-state index contributed by atoms with van der Waals surface area (Å²) in [5, 5.41) is 6.31. The number of nitrogens with zero attached hydrogens (tertiary/aromatic N) is 1. The maximum absolute atomic E-state index is 11.0. The molecule has 7 heteroatoms. The van der Waals surface area contributed by atoms with E-state index in [2.05, 4.69) is 14.9 Å². The van der Waals surface area contributed by atoms with Gasteiger partial charge in [0.1, 0.15) is 5.25 Å². The van der Waals surface area contributed by atoms with Gasteiger partial charge in [0.15, 0.2) is 8.29 Å². The lowest BCUT2D eigenvalue weighted by Crippen LogP contribution is -2.14. The van der Waals surface area contributed by atoms with E-state index in [1.54, 1.807) is 6.92 Å². The number of nitrogens with one attached hydrogen (secondary N) is 1. The first-order chi connectivity index (χ1) is 6.13. The van der Waals surface area contributed by atoms with Crippen LogP contribution < -0.4 is 0 Å². The van der Waals surface area contributed by atoms with Crippen molar-refractivity contribution in [2.75, 3.05) is 7.11 Å². The van der Waals surface area contributed by atoms with Crippen LogP contribution in [0.4, 0.5) is 0 Å². The molecule has 1 atom stereocenters. The monoisotopic (exact) mass is 236 g/mol. The summed E-state index contributed by atoms with van der Waals surface area (Å²) in [7, 11) is 1.37. The first-order valence-electron chi connectivity index (χ1n) is 3.43. The second-order valence-corrected chi connectivity index (χ2v) is 5.42. The van der Waals surface area contributed by atoms with Gasteiger partial charge >= 0.3 is 5.97 Å². The fourth-order valence-electron chi connectivity index (χ4n) is 0.632. The van der Waals surface area contributed by atoms with Crippen molar-refractivity contribution in [1.82, 2.24) is 10.2 Å². The summed E-state index contributed by atoms with van der Waals surface area (Å²) in [6.07, 6.45) is 0. The highest BCUT2D eigenvalue weighted by Gasteiger charge is 2.15. The quantitative estimate of drug-likeness (QED) is 0.493. The van der Waals surface area contributed by atoms with Crippen LogP contribution in [-0.2, 0) is 9.53 Å². The van der Waals surface area contributed by atoms with Crippen molar-refractivity contribution in [3.8, 4) is 0 Å². The van der Waals surface area contributed by atoms with Crippen molar-refractivity contribution in [3.63, 3.8) is 0 Å². The molecule has 0 unspecified atom stereocenters. The minimum Gasteiger partial charge on any atom is -0.468 e. The fourth-order valence-corrected chi connectivity index (χ4v) is 2.88.